The standard InChI is InChI=1S/C16H24N2O2/c1-14(2)8-6-7-11-16(14,18-13-20)15(17-12-19)9-4-3-5-10-15/h3-11H2,1-2H3. The van der Waals surface area contributed by atoms with Crippen molar-refractivity contribution in [1.29, 1.82) is 0 Å². The van der Waals surface area contributed by atoms with Crippen molar-refractivity contribution >= 4 is 12.2 Å². The third kappa shape index (κ3) is 2.17. The molecule has 0 aromatic carbocycles. The molecule has 0 aliphatic heterocycles. The molecule has 2 rings (SSSR count). The number of isocyanates is 2. The van der Waals surface area contributed by atoms with Crippen LogP contribution < -0.4 is 0 Å². The Morgan fingerprint density at radius 1 is 0.750 bits per heavy atom. The largest absolute Gasteiger partial charge is 0.235 e. The van der Waals surface area contributed by atoms with Gasteiger partial charge in [-0.05, 0) is 31.1 Å². The number of carbonyl (C=O) groups excluding carboxylic acids is 2. The van der Waals surface area contributed by atoms with Crippen LogP contribution in [0, 0.1) is 5.41 Å². The Morgan fingerprint density at radius 2 is 1.30 bits per heavy atom. The van der Waals surface area contributed by atoms with Gasteiger partial charge in [-0.15, -0.1) is 0 Å². The average Bonchev–Trinajstić information content (AvgIpc) is 2.42. The normalized spacial score (nSPS) is 31.7. The third-order valence-corrected chi connectivity index (χ3v) is 5.66. The first kappa shape index (κ1) is 15.2. The average molecular weight is 276 g/mol. The smallest absolute Gasteiger partial charge is 0.211 e. The number of aliphatic imine (C=N–C) groups is 2. The molecular weight excluding hydrogens is 252 g/mol. The van der Waals surface area contributed by atoms with Crippen LogP contribution in [0.5, 0.6) is 0 Å². The molecule has 2 saturated carbocycles. The molecule has 20 heavy (non-hydrogen) atoms. The summed E-state index contributed by atoms with van der Waals surface area (Å²) < 4.78 is 0. The summed E-state index contributed by atoms with van der Waals surface area (Å²) in [5.41, 5.74) is -1.27. The summed E-state index contributed by atoms with van der Waals surface area (Å²) in [6, 6.07) is 0. The molecule has 0 spiro atoms. The van der Waals surface area contributed by atoms with Crippen LogP contribution in [0.15, 0.2) is 9.98 Å². The van der Waals surface area contributed by atoms with E-state index in [9.17, 15) is 9.59 Å². The molecule has 2 aliphatic rings. The van der Waals surface area contributed by atoms with Gasteiger partial charge >= 0.3 is 0 Å². The first-order valence-corrected chi connectivity index (χ1v) is 7.72. The minimum absolute atomic E-state index is 0.139. The maximum absolute atomic E-state index is 11.1. The topological polar surface area (TPSA) is 58.9 Å². The van der Waals surface area contributed by atoms with Gasteiger partial charge in [0, 0.05) is 0 Å². The predicted octanol–water partition coefficient (Wildman–Crippen LogP) is 3.70. The summed E-state index contributed by atoms with van der Waals surface area (Å²) in [6.45, 7) is 4.31. The van der Waals surface area contributed by atoms with Gasteiger partial charge in [-0.3, -0.25) is 0 Å². The maximum Gasteiger partial charge on any atom is 0.235 e. The van der Waals surface area contributed by atoms with Gasteiger partial charge in [0.1, 0.15) is 5.54 Å². The fourth-order valence-corrected chi connectivity index (χ4v) is 4.59. The van der Waals surface area contributed by atoms with Crippen molar-refractivity contribution in [3.8, 4) is 0 Å². The lowest BCUT2D eigenvalue weighted by atomic mass is 9.52. The lowest BCUT2D eigenvalue weighted by Crippen LogP contribution is -2.62. The molecule has 0 heterocycles. The highest BCUT2D eigenvalue weighted by Gasteiger charge is 2.61. The van der Waals surface area contributed by atoms with Crippen molar-refractivity contribution < 1.29 is 9.59 Å². The van der Waals surface area contributed by atoms with Crippen LogP contribution in [-0.4, -0.2) is 23.2 Å². The lowest BCUT2D eigenvalue weighted by Gasteiger charge is -2.56. The molecule has 0 N–H and O–H groups in total. The van der Waals surface area contributed by atoms with Gasteiger partial charge in [0.05, 0.1) is 5.54 Å². The molecule has 1 atom stereocenters. The summed E-state index contributed by atoms with van der Waals surface area (Å²) in [5.74, 6) is 0. The van der Waals surface area contributed by atoms with Crippen LogP contribution >= 0.6 is 0 Å². The summed E-state index contributed by atoms with van der Waals surface area (Å²) in [7, 11) is 0. The summed E-state index contributed by atoms with van der Waals surface area (Å²) in [4.78, 5) is 30.7. The van der Waals surface area contributed by atoms with E-state index in [-0.39, 0.29) is 5.41 Å². The van der Waals surface area contributed by atoms with Gasteiger partial charge < -0.3 is 0 Å². The van der Waals surface area contributed by atoms with E-state index in [4.69, 9.17) is 0 Å². The van der Waals surface area contributed by atoms with E-state index in [1.165, 1.54) is 0 Å². The van der Waals surface area contributed by atoms with Crippen LogP contribution in [0.2, 0.25) is 0 Å². The Morgan fingerprint density at radius 3 is 1.85 bits per heavy atom. The predicted molar refractivity (Wildman–Crippen MR) is 77.0 cm³/mol. The number of nitrogens with zero attached hydrogens (tertiary/aromatic N) is 2. The Balaban J connectivity index is 2.59. The molecule has 0 saturated heterocycles. The van der Waals surface area contributed by atoms with Crippen LogP contribution in [-0.2, 0) is 9.59 Å². The molecule has 0 bridgehead atoms. The van der Waals surface area contributed by atoms with E-state index in [1.807, 2.05) is 0 Å². The van der Waals surface area contributed by atoms with Crippen molar-refractivity contribution in [2.45, 2.75) is 82.7 Å². The monoisotopic (exact) mass is 276 g/mol. The minimum Gasteiger partial charge on any atom is -0.211 e. The second-order valence-corrected chi connectivity index (χ2v) is 6.95. The van der Waals surface area contributed by atoms with E-state index in [0.717, 1.165) is 57.8 Å². The van der Waals surface area contributed by atoms with Crippen LogP contribution in [0.1, 0.15) is 71.6 Å². The van der Waals surface area contributed by atoms with E-state index < -0.39 is 11.1 Å². The Kier molecular flexibility index (Phi) is 4.27. The first-order chi connectivity index (χ1) is 9.54. The minimum atomic E-state index is -0.585. The molecule has 0 aromatic rings. The maximum atomic E-state index is 11.1. The van der Waals surface area contributed by atoms with E-state index in [2.05, 4.69) is 23.8 Å². The van der Waals surface area contributed by atoms with Gasteiger partial charge in [0.2, 0.25) is 12.2 Å². The SMILES string of the molecule is CC1(C)CCCCC1(N=C=O)C1(N=C=O)CCCCC1. The highest BCUT2D eigenvalue weighted by atomic mass is 16.1. The fraction of sp³-hybridized carbons (Fsp3) is 0.875. The zero-order chi connectivity index (χ0) is 14.7. The number of rotatable bonds is 3. The fourth-order valence-electron chi connectivity index (χ4n) is 4.59. The molecular formula is C16H24N2O2. The molecule has 2 aliphatic carbocycles. The van der Waals surface area contributed by atoms with Crippen molar-refractivity contribution in [3.05, 3.63) is 0 Å². The summed E-state index contributed by atoms with van der Waals surface area (Å²) >= 11 is 0. The van der Waals surface area contributed by atoms with Crippen LogP contribution in [0.4, 0.5) is 0 Å². The molecule has 0 aromatic heterocycles. The lowest BCUT2D eigenvalue weighted by molar-refractivity contribution is 0.0106. The van der Waals surface area contributed by atoms with E-state index in [1.54, 1.807) is 12.2 Å². The molecule has 1 unspecified atom stereocenters. The quantitative estimate of drug-likeness (QED) is 0.583. The van der Waals surface area contributed by atoms with Crippen molar-refractivity contribution in [1.82, 2.24) is 0 Å². The van der Waals surface area contributed by atoms with Crippen molar-refractivity contribution in [2.75, 3.05) is 0 Å². The molecule has 110 valence electrons. The van der Waals surface area contributed by atoms with E-state index >= 15 is 0 Å². The summed E-state index contributed by atoms with van der Waals surface area (Å²) in [6.07, 6.45) is 12.5. The molecule has 4 heteroatoms. The summed E-state index contributed by atoms with van der Waals surface area (Å²) in [5, 5.41) is 0. The second kappa shape index (κ2) is 5.63. The Labute approximate surface area is 120 Å². The van der Waals surface area contributed by atoms with Crippen LogP contribution in [0.25, 0.3) is 0 Å². The number of hydrogen-bond acceptors (Lipinski definition) is 4. The van der Waals surface area contributed by atoms with Gasteiger partial charge in [-0.2, -0.15) is 9.98 Å². The number of hydrogen-bond donors (Lipinski definition) is 0. The van der Waals surface area contributed by atoms with Gasteiger partial charge in [-0.25, -0.2) is 9.59 Å². The zero-order valence-electron chi connectivity index (χ0n) is 12.6. The second-order valence-electron chi connectivity index (χ2n) is 6.95. The third-order valence-electron chi connectivity index (χ3n) is 5.66. The molecule has 0 amide bonds. The highest BCUT2D eigenvalue weighted by molar-refractivity contribution is 5.41. The Bertz CT molecular complexity index is 453. The van der Waals surface area contributed by atoms with Gasteiger partial charge in [-0.1, -0.05) is 46.0 Å². The molecule has 4 nitrogen and oxygen atoms in total. The van der Waals surface area contributed by atoms with E-state index in [0.29, 0.717) is 0 Å². The first-order valence-electron chi connectivity index (χ1n) is 7.72. The Hall–Kier alpha value is -1.24. The molecule has 0 radical (unpaired) electrons. The van der Waals surface area contributed by atoms with Crippen molar-refractivity contribution in [3.63, 3.8) is 0 Å². The molecule has 2 fully saturated rings. The van der Waals surface area contributed by atoms with Gasteiger partial charge in [0.25, 0.3) is 0 Å². The zero-order valence-corrected chi connectivity index (χ0v) is 12.6. The highest BCUT2D eigenvalue weighted by Crippen LogP contribution is 2.57. The van der Waals surface area contributed by atoms with Gasteiger partial charge in [0.15, 0.2) is 0 Å². The van der Waals surface area contributed by atoms with Crippen molar-refractivity contribution in [2.24, 2.45) is 15.4 Å². The van der Waals surface area contributed by atoms with Crippen LogP contribution in [0.3, 0.4) is 0 Å².